The maximum atomic E-state index is 9.35. The zero-order valence-corrected chi connectivity index (χ0v) is 7.36. The molecule has 68 valence electrons. The first-order valence-electron chi connectivity index (χ1n) is 3.97. The van der Waals surface area contributed by atoms with Crippen molar-refractivity contribution in [1.82, 2.24) is 0 Å². The monoisotopic (exact) mass is 162 g/mol. The van der Waals surface area contributed by atoms with E-state index < -0.39 is 12.2 Å². The maximum Gasteiger partial charge on any atom is 0.0848 e. The first-order chi connectivity index (χ1) is 5.00. The molecule has 0 aliphatic rings. The number of aliphatic hydroxyl groups is 3. The lowest BCUT2D eigenvalue weighted by molar-refractivity contribution is -0.0473. The second kappa shape index (κ2) is 4.70. The van der Waals surface area contributed by atoms with Gasteiger partial charge in [0.15, 0.2) is 0 Å². The van der Waals surface area contributed by atoms with E-state index in [0.717, 1.165) is 0 Å². The van der Waals surface area contributed by atoms with Crippen molar-refractivity contribution in [1.29, 1.82) is 0 Å². The molecule has 0 aliphatic carbocycles. The molecule has 0 bridgehead atoms. The molecule has 3 N–H and O–H groups in total. The Morgan fingerprint density at radius 1 is 1.00 bits per heavy atom. The zero-order valence-electron chi connectivity index (χ0n) is 7.36. The van der Waals surface area contributed by atoms with E-state index in [1.54, 1.807) is 6.92 Å². The Morgan fingerprint density at radius 3 is 1.73 bits per heavy atom. The summed E-state index contributed by atoms with van der Waals surface area (Å²) in [7, 11) is 0. The van der Waals surface area contributed by atoms with E-state index in [9.17, 15) is 10.2 Å². The third-order valence-electron chi connectivity index (χ3n) is 1.90. The summed E-state index contributed by atoms with van der Waals surface area (Å²) in [5.74, 6) is -0.230. The molecule has 0 spiro atoms. The molecular weight excluding hydrogens is 144 g/mol. The summed E-state index contributed by atoms with van der Waals surface area (Å²) in [6.45, 7) is 5.27. The lowest BCUT2D eigenvalue weighted by Gasteiger charge is -2.24. The van der Waals surface area contributed by atoms with Crippen LogP contribution in [0.1, 0.15) is 20.8 Å². The molecule has 0 aromatic rings. The standard InChI is InChI=1S/C8H18O3/c1-5(2)7(10)8(11)6(3)4-9/h5-11H,4H2,1-3H3/t6-,7-,8?/m1/s1. The molecule has 0 heterocycles. The molecule has 0 radical (unpaired) electrons. The Bertz CT molecular complexity index is 104. The van der Waals surface area contributed by atoms with Gasteiger partial charge in [0.05, 0.1) is 12.2 Å². The Labute approximate surface area is 67.7 Å². The highest BCUT2D eigenvalue weighted by atomic mass is 16.3. The molecule has 0 rings (SSSR count). The summed E-state index contributed by atoms with van der Waals surface area (Å²) >= 11 is 0. The molecular formula is C8H18O3. The highest BCUT2D eigenvalue weighted by Gasteiger charge is 2.24. The van der Waals surface area contributed by atoms with Crippen LogP contribution in [0.2, 0.25) is 0 Å². The highest BCUT2D eigenvalue weighted by molar-refractivity contribution is 4.74. The smallest absolute Gasteiger partial charge is 0.0848 e. The van der Waals surface area contributed by atoms with Crippen molar-refractivity contribution >= 4 is 0 Å². The van der Waals surface area contributed by atoms with Gasteiger partial charge in [-0.2, -0.15) is 0 Å². The summed E-state index contributed by atoms with van der Waals surface area (Å²) in [6, 6.07) is 0. The van der Waals surface area contributed by atoms with Crippen molar-refractivity contribution in [2.24, 2.45) is 11.8 Å². The Balaban J connectivity index is 3.90. The molecule has 0 saturated heterocycles. The molecule has 1 unspecified atom stereocenters. The Kier molecular flexibility index (Phi) is 4.65. The molecule has 0 aliphatic heterocycles. The predicted molar refractivity (Wildman–Crippen MR) is 43.1 cm³/mol. The first kappa shape index (κ1) is 10.9. The highest BCUT2D eigenvalue weighted by Crippen LogP contribution is 2.13. The average molecular weight is 162 g/mol. The molecule has 0 aromatic heterocycles. The van der Waals surface area contributed by atoms with Crippen LogP contribution in [0, 0.1) is 11.8 Å². The summed E-state index contributed by atoms with van der Waals surface area (Å²) < 4.78 is 0. The van der Waals surface area contributed by atoms with Gasteiger partial charge < -0.3 is 15.3 Å². The van der Waals surface area contributed by atoms with Crippen LogP contribution >= 0.6 is 0 Å². The largest absolute Gasteiger partial charge is 0.396 e. The maximum absolute atomic E-state index is 9.35. The van der Waals surface area contributed by atoms with Crippen LogP contribution in [0.25, 0.3) is 0 Å². The molecule has 11 heavy (non-hydrogen) atoms. The van der Waals surface area contributed by atoms with Crippen LogP contribution in [-0.2, 0) is 0 Å². The summed E-state index contributed by atoms with van der Waals surface area (Å²) in [4.78, 5) is 0. The van der Waals surface area contributed by atoms with Crippen molar-refractivity contribution in [2.45, 2.75) is 33.0 Å². The van der Waals surface area contributed by atoms with E-state index in [4.69, 9.17) is 5.11 Å². The van der Waals surface area contributed by atoms with Crippen LogP contribution in [0.5, 0.6) is 0 Å². The van der Waals surface area contributed by atoms with Gasteiger partial charge in [0.1, 0.15) is 0 Å². The van der Waals surface area contributed by atoms with E-state index in [0.29, 0.717) is 0 Å². The van der Waals surface area contributed by atoms with Crippen molar-refractivity contribution in [3.05, 3.63) is 0 Å². The number of hydrogen-bond donors (Lipinski definition) is 3. The van der Waals surface area contributed by atoms with Gasteiger partial charge in [-0.25, -0.2) is 0 Å². The minimum absolute atomic E-state index is 0.0269. The molecule has 0 aromatic carbocycles. The lowest BCUT2D eigenvalue weighted by atomic mass is 9.93. The molecule has 3 heteroatoms. The van der Waals surface area contributed by atoms with E-state index in [-0.39, 0.29) is 18.4 Å². The van der Waals surface area contributed by atoms with Crippen molar-refractivity contribution in [3.63, 3.8) is 0 Å². The minimum Gasteiger partial charge on any atom is -0.396 e. The number of rotatable bonds is 4. The molecule has 0 saturated carbocycles. The predicted octanol–water partition coefficient (Wildman–Crippen LogP) is -0.00740. The third-order valence-corrected chi connectivity index (χ3v) is 1.90. The topological polar surface area (TPSA) is 60.7 Å². The van der Waals surface area contributed by atoms with Gasteiger partial charge in [0.25, 0.3) is 0 Å². The molecule has 3 nitrogen and oxygen atoms in total. The average Bonchev–Trinajstić information content (AvgIpc) is 2.00. The van der Waals surface area contributed by atoms with Gasteiger partial charge in [-0.15, -0.1) is 0 Å². The van der Waals surface area contributed by atoms with Gasteiger partial charge in [-0.3, -0.25) is 0 Å². The van der Waals surface area contributed by atoms with Crippen LogP contribution < -0.4 is 0 Å². The second-order valence-electron chi connectivity index (χ2n) is 3.39. The van der Waals surface area contributed by atoms with Crippen LogP contribution in [0.4, 0.5) is 0 Å². The normalized spacial score (nSPS) is 19.9. The second-order valence-corrected chi connectivity index (χ2v) is 3.39. The molecule has 0 amide bonds. The fourth-order valence-corrected chi connectivity index (χ4v) is 0.839. The fraction of sp³-hybridized carbons (Fsp3) is 1.00. The third kappa shape index (κ3) is 3.18. The summed E-state index contributed by atoms with van der Waals surface area (Å²) in [5, 5.41) is 27.3. The van der Waals surface area contributed by atoms with Gasteiger partial charge in [-0.1, -0.05) is 20.8 Å². The number of hydrogen-bond acceptors (Lipinski definition) is 3. The number of aliphatic hydroxyl groups excluding tert-OH is 3. The lowest BCUT2D eigenvalue weighted by Crippen LogP contribution is -2.37. The van der Waals surface area contributed by atoms with Gasteiger partial charge in [0, 0.05) is 12.5 Å². The van der Waals surface area contributed by atoms with Gasteiger partial charge in [-0.05, 0) is 5.92 Å². The Morgan fingerprint density at radius 2 is 1.45 bits per heavy atom. The summed E-state index contributed by atoms with van der Waals surface area (Å²) in [6.07, 6.45) is -1.56. The molecule has 0 fully saturated rings. The first-order valence-corrected chi connectivity index (χ1v) is 3.97. The summed E-state index contributed by atoms with van der Waals surface area (Å²) in [5.41, 5.74) is 0. The zero-order chi connectivity index (χ0) is 9.02. The minimum atomic E-state index is -0.819. The van der Waals surface area contributed by atoms with Crippen molar-refractivity contribution < 1.29 is 15.3 Å². The quantitative estimate of drug-likeness (QED) is 0.545. The van der Waals surface area contributed by atoms with Crippen LogP contribution in [0.3, 0.4) is 0 Å². The van der Waals surface area contributed by atoms with E-state index >= 15 is 0 Å². The van der Waals surface area contributed by atoms with Crippen molar-refractivity contribution in [3.8, 4) is 0 Å². The van der Waals surface area contributed by atoms with Crippen LogP contribution in [-0.4, -0.2) is 34.1 Å². The fourth-order valence-electron chi connectivity index (χ4n) is 0.839. The van der Waals surface area contributed by atoms with E-state index in [1.165, 1.54) is 0 Å². The molecule has 3 atom stereocenters. The Hall–Kier alpha value is -0.120. The van der Waals surface area contributed by atoms with E-state index in [2.05, 4.69) is 0 Å². The van der Waals surface area contributed by atoms with Gasteiger partial charge >= 0.3 is 0 Å². The van der Waals surface area contributed by atoms with Gasteiger partial charge in [0.2, 0.25) is 0 Å². The SMILES string of the molecule is CC(C)[C@@H](O)C(O)[C@H](C)CO. The van der Waals surface area contributed by atoms with E-state index in [1.807, 2.05) is 13.8 Å². The van der Waals surface area contributed by atoms with Crippen LogP contribution in [0.15, 0.2) is 0 Å². The van der Waals surface area contributed by atoms with Crippen molar-refractivity contribution in [2.75, 3.05) is 6.61 Å².